The highest BCUT2D eigenvalue weighted by molar-refractivity contribution is 6.04. The van der Waals surface area contributed by atoms with Crippen molar-refractivity contribution in [2.24, 2.45) is 5.92 Å². The van der Waals surface area contributed by atoms with Crippen molar-refractivity contribution in [1.82, 2.24) is 19.7 Å². The van der Waals surface area contributed by atoms with Gasteiger partial charge in [-0.3, -0.25) is 14.7 Å². The topological polar surface area (TPSA) is 51.7 Å². The number of hydrogen-bond donors (Lipinski definition) is 1. The lowest BCUT2D eigenvalue weighted by Gasteiger charge is -2.33. The summed E-state index contributed by atoms with van der Waals surface area (Å²) in [6, 6.07) is 5.50. The number of nitrogens with one attached hydrogen (secondary N) is 1. The smallest absolute Gasteiger partial charge is 0.322 e. The van der Waals surface area contributed by atoms with Gasteiger partial charge in [-0.1, -0.05) is 52.0 Å². The number of piperazine rings is 1. The van der Waals surface area contributed by atoms with E-state index in [-0.39, 0.29) is 29.3 Å². The predicted octanol–water partition coefficient (Wildman–Crippen LogP) is 6.92. The van der Waals surface area contributed by atoms with Gasteiger partial charge in [0, 0.05) is 68.3 Å². The van der Waals surface area contributed by atoms with Crippen molar-refractivity contribution in [2.45, 2.75) is 39.9 Å². The van der Waals surface area contributed by atoms with Crippen LogP contribution in [0.15, 0.2) is 85.6 Å². The fourth-order valence-electron chi connectivity index (χ4n) is 4.41. The first-order valence-electron chi connectivity index (χ1n) is 14.3. The molecule has 43 heavy (non-hydrogen) atoms. The highest BCUT2D eigenvalue weighted by Gasteiger charge is 2.34. The minimum absolute atomic E-state index is 0.0550. The molecule has 0 spiro atoms. The van der Waals surface area contributed by atoms with Gasteiger partial charge in [0.2, 0.25) is 0 Å². The number of carbonyl (C=O) groups is 1. The number of benzene rings is 1. The van der Waals surface area contributed by atoms with Gasteiger partial charge < -0.3 is 15.1 Å². The van der Waals surface area contributed by atoms with Crippen LogP contribution in [-0.4, -0.2) is 58.8 Å². The molecule has 3 rings (SSSR count). The molecule has 0 radical (unpaired) electrons. The van der Waals surface area contributed by atoms with Crippen LogP contribution in [-0.2, 0) is 12.7 Å². The summed E-state index contributed by atoms with van der Waals surface area (Å²) < 4.78 is 42.0. The Morgan fingerprint density at radius 3 is 2.53 bits per heavy atom. The Hall–Kier alpha value is -4.13. The number of likely N-dealkylation sites (N-methyl/N-ethyl adjacent to an activating group) is 1. The molecular formula is C34H40F3N5O. The lowest BCUT2D eigenvalue weighted by atomic mass is 10.0. The van der Waals surface area contributed by atoms with Crippen molar-refractivity contribution in [3.8, 4) is 11.8 Å². The van der Waals surface area contributed by atoms with E-state index in [0.29, 0.717) is 30.0 Å². The molecule has 1 amide bonds. The summed E-state index contributed by atoms with van der Waals surface area (Å²) in [7, 11) is 2.00. The van der Waals surface area contributed by atoms with Crippen LogP contribution in [0.25, 0.3) is 0 Å². The third-order valence-electron chi connectivity index (χ3n) is 6.78. The third-order valence-corrected chi connectivity index (χ3v) is 6.78. The zero-order valence-electron chi connectivity index (χ0n) is 25.3. The fraction of sp³-hybridized carbons (Fsp3) is 0.353. The van der Waals surface area contributed by atoms with E-state index in [1.807, 2.05) is 56.0 Å². The number of allylic oxidation sites excluding steroid dienone is 4. The zero-order valence-corrected chi connectivity index (χ0v) is 25.3. The summed E-state index contributed by atoms with van der Waals surface area (Å²) in [6.07, 6.45) is 6.67. The summed E-state index contributed by atoms with van der Waals surface area (Å²) in [5.74, 6) is 5.82. The highest BCUT2D eigenvalue weighted by Crippen LogP contribution is 2.34. The molecule has 9 heteroatoms. The number of carbonyl (C=O) groups excluding carboxylic acids is 1. The summed E-state index contributed by atoms with van der Waals surface area (Å²) in [5, 5.41) is 2.59. The van der Waals surface area contributed by atoms with Crippen LogP contribution in [0.1, 0.15) is 54.2 Å². The Bertz CT molecular complexity index is 1420. The average molecular weight is 592 g/mol. The van der Waals surface area contributed by atoms with Gasteiger partial charge >= 0.3 is 6.18 Å². The van der Waals surface area contributed by atoms with Crippen molar-refractivity contribution in [1.29, 1.82) is 0 Å². The largest absolute Gasteiger partial charge is 0.416 e. The SMILES string of the molecule is C=CC(=C)N(/C=C\CC)/C(C#Cc1cncc(C(=O)Nc2ccc(CN3CCN(C)CC3)c(C(F)(F)F)c2)c1)=C\C(C)C. The number of anilines is 1. The van der Waals surface area contributed by atoms with Crippen LogP contribution < -0.4 is 5.32 Å². The highest BCUT2D eigenvalue weighted by atomic mass is 19.4. The van der Waals surface area contributed by atoms with Crippen LogP contribution in [0.5, 0.6) is 0 Å². The van der Waals surface area contributed by atoms with Gasteiger partial charge in [0.05, 0.1) is 16.8 Å². The number of nitrogens with zero attached hydrogens (tertiary/aromatic N) is 4. The molecule has 228 valence electrons. The zero-order chi connectivity index (χ0) is 31.6. The molecule has 0 atom stereocenters. The average Bonchev–Trinajstić information content (AvgIpc) is 2.97. The number of amides is 1. The minimum Gasteiger partial charge on any atom is -0.322 e. The monoisotopic (exact) mass is 591 g/mol. The number of hydrogen-bond acceptors (Lipinski definition) is 5. The summed E-state index contributed by atoms with van der Waals surface area (Å²) in [4.78, 5) is 23.2. The van der Waals surface area contributed by atoms with Crippen molar-refractivity contribution in [3.63, 3.8) is 0 Å². The van der Waals surface area contributed by atoms with Crippen molar-refractivity contribution in [2.75, 3.05) is 38.5 Å². The normalized spacial score (nSPS) is 14.8. The van der Waals surface area contributed by atoms with E-state index in [9.17, 15) is 18.0 Å². The Labute approximate surface area is 253 Å². The minimum atomic E-state index is -4.56. The molecule has 1 fully saturated rings. The first-order chi connectivity index (χ1) is 20.4. The summed E-state index contributed by atoms with van der Waals surface area (Å²) in [6.45, 7) is 17.2. The second kappa shape index (κ2) is 15.4. The van der Waals surface area contributed by atoms with E-state index in [4.69, 9.17) is 0 Å². The molecule has 1 N–H and O–H groups in total. The first-order valence-corrected chi connectivity index (χ1v) is 14.3. The third kappa shape index (κ3) is 9.98. The van der Waals surface area contributed by atoms with E-state index in [0.717, 1.165) is 25.6 Å². The fourth-order valence-corrected chi connectivity index (χ4v) is 4.41. The van der Waals surface area contributed by atoms with Gasteiger partial charge in [0.1, 0.15) is 0 Å². The maximum Gasteiger partial charge on any atom is 0.416 e. The number of pyridine rings is 1. The standard InChI is InChI=1S/C34H40F3N5O/c1-7-9-14-42(26(5)8-2)31(19-25(3)4)13-10-27-20-29(23-38-22-27)33(43)39-30-12-11-28(32(21-30)34(35,36)37)24-41-17-15-40(6)16-18-41/h8-9,11-12,14,19-23,25H,2,5,7,15-18,24H2,1,3-4,6H3,(H,39,43)/b14-9-,31-19-. The van der Waals surface area contributed by atoms with Gasteiger partial charge in [0.25, 0.3) is 5.91 Å². The summed E-state index contributed by atoms with van der Waals surface area (Å²) in [5.41, 5.74) is 1.48. The van der Waals surface area contributed by atoms with Gasteiger partial charge in [-0.25, -0.2) is 0 Å². The predicted molar refractivity (Wildman–Crippen MR) is 167 cm³/mol. The van der Waals surface area contributed by atoms with Gasteiger partial charge in [-0.2, -0.15) is 13.2 Å². The van der Waals surface area contributed by atoms with Crippen LogP contribution in [0.2, 0.25) is 0 Å². The van der Waals surface area contributed by atoms with E-state index >= 15 is 0 Å². The molecule has 0 aliphatic carbocycles. The molecule has 1 saturated heterocycles. The van der Waals surface area contributed by atoms with Crippen LogP contribution >= 0.6 is 0 Å². The molecule has 2 aromatic rings. The van der Waals surface area contributed by atoms with Crippen molar-refractivity contribution < 1.29 is 18.0 Å². The van der Waals surface area contributed by atoms with Gasteiger partial charge in [0.15, 0.2) is 0 Å². The Morgan fingerprint density at radius 2 is 1.91 bits per heavy atom. The molecule has 0 unspecified atom stereocenters. The van der Waals surface area contributed by atoms with E-state index in [1.54, 1.807) is 12.1 Å². The Morgan fingerprint density at radius 1 is 1.19 bits per heavy atom. The lowest BCUT2D eigenvalue weighted by Crippen LogP contribution is -2.44. The van der Waals surface area contributed by atoms with Gasteiger partial charge in [-0.05, 0) is 61.2 Å². The molecule has 6 nitrogen and oxygen atoms in total. The number of halogens is 3. The molecule has 2 heterocycles. The molecule has 0 saturated carbocycles. The molecular weight excluding hydrogens is 551 g/mol. The lowest BCUT2D eigenvalue weighted by molar-refractivity contribution is -0.138. The Kier molecular flexibility index (Phi) is 11.9. The van der Waals surface area contributed by atoms with Crippen molar-refractivity contribution >= 4 is 11.6 Å². The maximum atomic E-state index is 14.0. The quantitative estimate of drug-likeness (QED) is 0.240. The molecule has 1 aliphatic rings. The van der Waals surface area contributed by atoms with Crippen LogP contribution in [0, 0.1) is 17.8 Å². The van der Waals surface area contributed by atoms with Crippen LogP contribution in [0.3, 0.4) is 0 Å². The van der Waals surface area contributed by atoms with Gasteiger partial charge in [-0.15, -0.1) is 0 Å². The number of alkyl halides is 3. The first kappa shape index (κ1) is 33.4. The number of aromatic nitrogens is 1. The molecule has 1 aliphatic heterocycles. The van der Waals surface area contributed by atoms with E-state index < -0.39 is 17.6 Å². The van der Waals surface area contributed by atoms with E-state index in [2.05, 4.69) is 40.2 Å². The molecule has 1 aromatic carbocycles. The second-order valence-corrected chi connectivity index (χ2v) is 10.8. The maximum absolute atomic E-state index is 14.0. The molecule has 1 aromatic heterocycles. The van der Waals surface area contributed by atoms with E-state index in [1.165, 1.54) is 24.5 Å². The van der Waals surface area contributed by atoms with Crippen molar-refractivity contribution in [3.05, 3.63) is 108 Å². The molecule has 0 bridgehead atoms. The summed E-state index contributed by atoms with van der Waals surface area (Å²) >= 11 is 0. The Balaban J connectivity index is 1.83. The second-order valence-electron chi connectivity index (χ2n) is 10.8. The number of rotatable bonds is 10. The van der Waals surface area contributed by atoms with Crippen LogP contribution in [0.4, 0.5) is 18.9 Å².